The van der Waals surface area contributed by atoms with Crippen LogP contribution in [-0.2, 0) is 4.79 Å². The van der Waals surface area contributed by atoms with Crippen molar-refractivity contribution < 1.29 is 4.79 Å². The smallest absolute Gasteiger partial charge is 0.250 e. The Balaban J connectivity index is 2.10. The number of benzene rings is 1. The number of nitrogens with one attached hydrogen (secondary N) is 2. The van der Waals surface area contributed by atoms with Gasteiger partial charge in [0.15, 0.2) is 0 Å². The molecule has 2 aromatic rings. The van der Waals surface area contributed by atoms with Crippen LogP contribution in [0, 0.1) is 0 Å². The van der Waals surface area contributed by atoms with Gasteiger partial charge in [0.2, 0.25) is 5.95 Å². The zero-order chi connectivity index (χ0) is 12.1. The third-order valence-corrected chi connectivity index (χ3v) is 2.18. The Hall–Kier alpha value is -2.36. The molecule has 0 unspecified atom stereocenters. The molecule has 0 aliphatic rings. The number of H-pyrrole nitrogens is 1. The van der Waals surface area contributed by atoms with Crippen LogP contribution in [0.3, 0.4) is 0 Å². The molecule has 4 nitrogen and oxygen atoms in total. The summed E-state index contributed by atoms with van der Waals surface area (Å²) in [5.41, 5.74) is 1.74. The Labute approximate surface area is 99.1 Å². The van der Waals surface area contributed by atoms with Gasteiger partial charge in [0.1, 0.15) is 0 Å². The quantitative estimate of drug-likeness (QED) is 0.625. The van der Waals surface area contributed by atoms with Gasteiger partial charge in [0, 0.05) is 6.08 Å². The van der Waals surface area contributed by atoms with E-state index in [1.54, 1.807) is 12.2 Å². The molecule has 0 radical (unpaired) electrons. The van der Waals surface area contributed by atoms with Crippen molar-refractivity contribution in [2.24, 2.45) is 0 Å². The first kappa shape index (κ1) is 11.1. The van der Waals surface area contributed by atoms with Crippen molar-refractivity contribution in [3.63, 3.8) is 0 Å². The Kier molecular flexibility index (Phi) is 3.35. The Morgan fingerprint density at radius 2 is 2.18 bits per heavy atom. The van der Waals surface area contributed by atoms with E-state index in [1.807, 2.05) is 37.3 Å². The molecule has 2 rings (SSSR count). The Morgan fingerprint density at radius 1 is 1.35 bits per heavy atom. The van der Waals surface area contributed by atoms with Gasteiger partial charge >= 0.3 is 0 Å². The predicted octanol–water partition coefficient (Wildman–Crippen LogP) is 2.63. The van der Waals surface area contributed by atoms with E-state index in [9.17, 15) is 4.79 Å². The van der Waals surface area contributed by atoms with Crippen molar-refractivity contribution in [2.45, 2.75) is 6.92 Å². The summed E-state index contributed by atoms with van der Waals surface area (Å²) >= 11 is 0. The van der Waals surface area contributed by atoms with Gasteiger partial charge in [-0.3, -0.25) is 10.1 Å². The second-order valence-electron chi connectivity index (χ2n) is 3.48. The van der Waals surface area contributed by atoms with Crippen molar-refractivity contribution in [3.05, 3.63) is 48.6 Å². The molecular formula is C13H13N3O. The number of carbonyl (C=O) groups excluding carboxylic acids is 1. The highest BCUT2D eigenvalue weighted by atomic mass is 16.1. The summed E-state index contributed by atoms with van der Waals surface area (Å²) in [7, 11) is 0. The average molecular weight is 227 g/mol. The summed E-state index contributed by atoms with van der Waals surface area (Å²) < 4.78 is 0. The maximum Gasteiger partial charge on any atom is 0.250 e. The molecule has 4 heteroatoms. The standard InChI is InChI=1S/C13H13N3O/c1-2-3-4-9-12(17)16-13-14-10-7-5-6-8-11(10)15-13/h2-9H,1H3,(H2,14,15,16,17). The molecule has 0 atom stereocenters. The number of nitrogens with zero attached hydrogens (tertiary/aromatic N) is 1. The molecule has 0 saturated carbocycles. The molecule has 0 fully saturated rings. The lowest BCUT2D eigenvalue weighted by atomic mass is 10.3. The van der Waals surface area contributed by atoms with E-state index in [0.717, 1.165) is 11.0 Å². The number of hydrogen-bond acceptors (Lipinski definition) is 2. The maximum absolute atomic E-state index is 11.5. The number of aromatic amines is 1. The summed E-state index contributed by atoms with van der Waals surface area (Å²) in [6, 6.07) is 7.61. The fraction of sp³-hybridized carbons (Fsp3) is 0.0769. The topological polar surface area (TPSA) is 57.8 Å². The highest BCUT2D eigenvalue weighted by molar-refractivity contribution is 5.99. The highest BCUT2D eigenvalue weighted by Gasteiger charge is 2.03. The summed E-state index contributed by atoms with van der Waals surface area (Å²) in [6.07, 6.45) is 6.77. The number of aromatic nitrogens is 2. The van der Waals surface area contributed by atoms with Crippen LogP contribution < -0.4 is 5.32 Å². The molecule has 86 valence electrons. The number of imidazole rings is 1. The first-order chi connectivity index (χ1) is 8.29. The van der Waals surface area contributed by atoms with Gasteiger partial charge in [0.25, 0.3) is 5.91 Å². The molecule has 0 saturated heterocycles. The van der Waals surface area contributed by atoms with Gasteiger partial charge in [-0.05, 0) is 19.1 Å². The van der Waals surface area contributed by atoms with Crippen LogP contribution in [-0.4, -0.2) is 15.9 Å². The third kappa shape index (κ3) is 2.81. The van der Waals surface area contributed by atoms with E-state index in [0.29, 0.717) is 5.95 Å². The first-order valence-corrected chi connectivity index (χ1v) is 5.34. The van der Waals surface area contributed by atoms with Crippen molar-refractivity contribution in [1.29, 1.82) is 0 Å². The van der Waals surface area contributed by atoms with Crippen molar-refractivity contribution >= 4 is 22.9 Å². The van der Waals surface area contributed by atoms with Crippen LogP contribution in [0.4, 0.5) is 5.95 Å². The van der Waals surface area contributed by atoms with Gasteiger partial charge in [0.05, 0.1) is 11.0 Å². The molecule has 1 aromatic heterocycles. The maximum atomic E-state index is 11.5. The largest absolute Gasteiger partial charge is 0.324 e. The van der Waals surface area contributed by atoms with Crippen molar-refractivity contribution in [3.8, 4) is 0 Å². The summed E-state index contributed by atoms with van der Waals surface area (Å²) in [4.78, 5) is 18.7. The van der Waals surface area contributed by atoms with Crippen LogP contribution in [0.2, 0.25) is 0 Å². The van der Waals surface area contributed by atoms with Gasteiger partial charge < -0.3 is 4.98 Å². The van der Waals surface area contributed by atoms with Crippen molar-refractivity contribution in [1.82, 2.24) is 9.97 Å². The summed E-state index contributed by atoms with van der Waals surface area (Å²) in [5, 5.41) is 2.66. The lowest BCUT2D eigenvalue weighted by Gasteiger charge is -1.94. The zero-order valence-corrected chi connectivity index (χ0v) is 9.47. The van der Waals surface area contributed by atoms with Crippen LogP contribution in [0.5, 0.6) is 0 Å². The molecule has 17 heavy (non-hydrogen) atoms. The third-order valence-electron chi connectivity index (χ3n) is 2.18. The lowest BCUT2D eigenvalue weighted by molar-refractivity contribution is -0.111. The minimum absolute atomic E-state index is 0.206. The zero-order valence-electron chi connectivity index (χ0n) is 9.47. The number of fused-ring (bicyclic) bond motifs is 1. The van der Waals surface area contributed by atoms with E-state index < -0.39 is 0 Å². The van der Waals surface area contributed by atoms with Gasteiger partial charge in [-0.15, -0.1) is 0 Å². The number of anilines is 1. The Bertz CT molecular complexity index is 548. The second-order valence-corrected chi connectivity index (χ2v) is 3.48. The molecule has 1 aromatic carbocycles. The van der Waals surface area contributed by atoms with E-state index in [2.05, 4.69) is 15.3 Å². The van der Waals surface area contributed by atoms with Gasteiger partial charge in [-0.1, -0.05) is 30.4 Å². The number of amides is 1. The Morgan fingerprint density at radius 3 is 2.94 bits per heavy atom. The summed E-state index contributed by atoms with van der Waals surface area (Å²) in [6.45, 7) is 1.89. The van der Waals surface area contributed by atoms with E-state index >= 15 is 0 Å². The number of rotatable bonds is 3. The van der Waals surface area contributed by atoms with Crippen LogP contribution >= 0.6 is 0 Å². The average Bonchev–Trinajstić information content (AvgIpc) is 2.71. The monoisotopic (exact) mass is 227 g/mol. The number of allylic oxidation sites excluding steroid dienone is 3. The normalized spacial score (nSPS) is 11.6. The molecule has 0 spiro atoms. The molecule has 2 N–H and O–H groups in total. The molecule has 0 aliphatic heterocycles. The van der Waals surface area contributed by atoms with E-state index in [-0.39, 0.29) is 5.91 Å². The van der Waals surface area contributed by atoms with Crippen LogP contribution in [0.1, 0.15) is 6.92 Å². The van der Waals surface area contributed by atoms with Crippen LogP contribution in [0.15, 0.2) is 48.6 Å². The fourth-order valence-electron chi connectivity index (χ4n) is 1.42. The predicted molar refractivity (Wildman–Crippen MR) is 68.7 cm³/mol. The number of hydrogen-bond donors (Lipinski definition) is 2. The van der Waals surface area contributed by atoms with E-state index in [1.165, 1.54) is 6.08 Å². The highest BCUT2D eigenvalue weighted by Crippen LogP contribution is 2.12. The summed E-state index contributed by atoms with van der Waals surface area (Å²) in [5.74, 6) is 0.253. The van der Waals surface area contributed by atoms with Gasteiger partial charge in [-0.2, -0.15) is 0 Å². The lowest BCUT2D eigenvalue weighted by Crippen LogP contribution is -2.08. The van der Waals surface area contributed by atoms with Crippen LogP contribution in [0.25, 0.3) is 11.0 Å². The van der Waals surface area contributed by atoms with Crippen molar-refractivity contribution in [2.75, 3.05) is 5.32 Å². The molecule has 0 bridgehead atoms. The van der Waals surface area contributed by atoms with E-state index in [4.69, 9.17) is 0 Å². The fourth-order valence-corrected chi connectivity index (χ4v) is 1.42. The minimum atomic E-state index is -0.206. The molecule has 1 heterocycles. The molecular weight excluding hydrogens is 214 g/mol. The SMILES string of the molecule is CC=CC=CC(=O)Nc1nc2ccccc2[nH]1. The first-order valence-electron chi connectivity index (χ1n) is 5.34. The molecule has 0 aliphatic carbocycles. The number of carbonyl (C=O) groups is 1. The van der Waals surface area contributed by atoms with Gasteiger partial charge in [-0.25, -0.2) is 4.98 Å². The minimum Gasteiger partial charge on any atom is -0.324 e. The number of para-hydroxylation sites is 2. The second kappa shape index (κ2) is 5.12. The molecule has 1 amide bonds.